The summed E-state index contributed by atoms with van der Waals surface area (Å²) in [4.78, 5) is 0. The fourth-order valence-electron chi connectivity index (χ4n) is 4.04. The van der Waals surface area contributed by atoms with Crippen LogP contribution in [0.4, 0.5) is 0 Å². The topological polar surface area (TPSA) is 18.5 Å². The van der Waals surface area contributed by atoms with Gasteiger partial charge in [-0.25, -0.2) is 0 Å². The highest BCUT2D eigenvalue weighted by Gasteiger charge is 2.47. The third-order valence-corrected chi connectivity index (χ3v) is 11.2. The minimum absolute atomic E-state index is 0.443. The summed E-state index contributed by atoms with van der Waals surface area (Å²) in [5.74, 6) is 1.47. The molecule has 0 unspecified atom stereocenters. The smallest absolute Gasteiger partial charge is 0.258 e. The largest absolute Gasteiger partial charge is 0.543 e. The van der Waals surface area contributed by atoms with Crippen LogP contribution < -0.4 is 4.43 Å². The maximum atomic E-state index is 6.84. The molecule has 0 N–H and O–H groups in total. The summed E-state index contributed by atoms with van der Waals surface area (Å²) in [6.45, 7) is 21.1. The van der Waals surface area contributed by atoms with Gasteiger partial charge in [-0.15, -0.1) is 0 Å². The van der Waals surface area contributed by atoms with E-state index in [2.05, 4.69) is 79.7 Å². The summed E-state index contributed by atoms with van der Waals surface area (Å²) < 4.78 is 12.2. The van der Waals surface area contributed by atoms with Gasteiger partial charge in [0, 0.05) is 0 Å². The third-order valence-electron chi connectivity index (χ3n) is 5.19. The van der Waals surface area contributed by atoms with E-state index in [0.717, 1.165) is 5.75 Å². The highest BCUT2D eigenvalue weighted by molar-refractivity contribution is 6.78. The lowest BCUT2D eigenvalue weighted by atomic mass is 9.97. The lowest BCUT2D eigenvalue weighted by Crippen LogP contribution is -2.50. The molecule has 0 saturated heterocycles. The lowest BCUT2D eigenvalue weighted by molar-refractivity contribution is 0.272. The van der Waals surface area contributed by atoms with Crippen molar-refractivity contribution in [3.05, 3.63) is 35.6 Å². The molecule has 0 aliphatic rings. The first-order chi connectivity index (χ1) is 11.7. The molecule has 25 heavy (non-hydrogen) atoms. The standard InChI is InChI=1S/C22H38O2Si/c1-10-23-14-13-20-11-12-21(15-22(20)16(2)3)24-25(17(4)5,18(6)7)19(8)9/h11-19H,10H2,1-9H3. The zero-order valence-corrected chi connectivity index (χ0v) is 18.7. The number of hydrogen-bond donors (Lipinski definition) is 0. The van der Waals surface area contributed by atoms with Gasteiger partial charge >= 0.3 is 0 Å². The summed E-state index contributed by atoms with van der Waals surface area (Å²) in [7, 11) is -1.92. The summed E-state index contributed by atoms with van der Waals surface area (Å²) in [6.07, 6.45) is 3.85. The molecular formula is C22H38O2Si. The monoisotopic (exact) mass is 362 g/mol. The Morgan fingerprint density at radius 1 is 0.920 bits per heavy atom. The van der Waals surface area contributed by atoms with Crippen LogP contribution >= 0.6 is 0 Å². The van der Waals surface area contributed by atoms with Gasteiger partial charge in [0.05, 0.1) is 12.9 Å². The van der Waals surface area contributed by atoms with Crippen molar-refractivity contribution in [2.45, 2.75) is 84.9 Å². The Morgan fingerprint density at radius 2 is 1.48 bits per heavy atom. The van der Waals surface area contributed by atoms with E-state index in [4.69, 9.17) is 9.16 Å². The van der Waals surface area contributed by atoms with E-state index in [-0.39, 0.29) is 0 Å². The van der Waals surface area contributed by atoms with Crippen molar-refractivity contribution in [2.75, 3.05) is 6.61 Å². The van der Waals surface area contributed by atoms with Gasteiger partial charge < -0.3 is 9.16 Å². The minimum Gasteiger partial charge on any atom is -0.543 e. The minimum atomic E-state index is -1.92. The molecule has 0 heterocycles. The molecule has 2 nitrogen and oxygen atoms in total. The van der Waals surface area contributed by atoms with Crippen molar-refractivity contribution in [3.63, 3.8) is 0 Å². The molecule has 0 spiro atoms. The molecule has 0 aliphatic heterocycles. The molecule has 142 valence electrons. The van der Waals surface area contributed by atoms with Crippen molar-refractivity contribution >= 4 is 14.4 Å². The first-order valence-corrected chi connectivity index (χ1v) is 11.9. The Morgan fingerprint density at radius 3 is 1.92 bits per heavy atom. The van der Waals surface area contributed by atoms with Gasteiger partial charge in [-0.2, -0.15) is 0 Å². The second-order valence-electron chi connectivity index (χ2n) is 8.12. The van der Waals surface area contributed by atoms with Crippen LogP contribution in [0.5, 0.6) is 5.75 Å². The fraction of sp³-hybridized carbons (Fsp3) is 0.636. The number of ether oxygens (including phenoxy) is 1. The van der Waals surface area contributed by atoms with Crippen molar-refractivity contribution < 1.29 is 9.16 Å². The second kappa shape index (κ2) is 9.47. The number of benzene rings is 1. The van der Waals surface area contributed by atoms with Crippen LogP contribution in [0.3, 0.4) is 0 Å². The normalized spacial score (nSPS) is 12.8. The molecule has 3 heteroatoms. The van der Waals surface area contributed by atoms with E-state index in [1.165, 1.54) is 11.1 Å². The van der Waals surface area contributed by atoms with Crippen molar-refractivity contribution in [1.29, 1.82) is 0 Å². The predicted molar refractivity (Wildman–Crippen MR) is 113 cm³/mol. The van der Waals surface area contributed by atoms with Crippen LogP contribution in [-0.2, 0) is 4.74 Å². The molecule has 1 aromatic carbocycles. The van der Waals surface area contributed by atoms with Crippen LogP contribution in [0.1, 0.15) is 79.4 Å². The summed E-state index contributed by atoms with van der Waals surface area (Å²) >= 11 is 0. The van der Waals surface area contributed by atoms with Gasteiger partial charge in [0.1, 0.15) is 5.75 Å². The molecule has 0 aliphatic carbocycles. The van der Waals surface area contributed by atoms with Crippen molar-refractivity contribution in [3.8, 4) is 5.75 Å². The van der Waals surface area contributed by atoms with Crippen LogP contribution in [0.25, 0.3) is 6.08 Å². The van der Waals surface area contributed by atoms with Crippen LogP contribution in [0.2, 0.25) is 16.6 Å². The Bertz CT molecular complexity index is 537. The molecular weight excluding hydrogens is 324 g/mol. The maximum Gasteiger partial charge on any atom is 0.258 e. The molecule has 0 atom stereocenters. The Hall–Kier alpha value is -1.22. The summed E-state index contributed by atoms with van der Waals surface area (Å²) in [6, 6.07) is 6.54. The zero-order valence-electron chi connectivity index (χ0n) is 17.7. The van der Waals surface area contributed by atoms with Gasteiger partial charge in [-0.1, -0.05) is 61.5 Å². The van der Waals surface area contributed by atoms with E-state index in [0.29, 0.717) is 29.1 Å². The van der Waals surface area contributed by atoms with Gasteiger partial charge in [0.25, 0.3) is 8.32 Å². The van der Waals surface area contributed by atoms with E-state index in [1.54, 1.807) is 6.26 Å². The predicted octanol–water partition coefficient (Wildman–Crippen LogP) is 7.37. The quantitative estimate of drug-likeness (QED) is 0.337. The molecule has 0 saturated carbocycles. The number of rotatable bonds is 9. The Labute approximate surface area is 156 Å². The molecule has 0 aromatic heterocycles. The molecule has 0 amide bonds. The zero-order chi connectivity index (χ0) is 19.2. The summed E-state index contributed by atoms with van der Waals surface area (Å²) in [5.41, 5.74) is 4.25. The molecule has 1 aromatic rings. The summed E-state index contributed by atoms with van der Waals surface area (Å²) in [5, 5.41) is 0. The highest BCUT2D eigenvalue weighted by atomic mass is 28.4. The van der Waals surface area contributed by atoms with Crippen molar-refractivity contribution in [2.24, 2.45) is 0 Å². The maximum absolute atomic E-state index is 6.84. The highest BCUT2D eigenvalue weighted by Crippen LogP contribution is 2.43. The Kier molecular flexibility index (Phi) is 8.26. The first kappa shape index (κ1) is 21.8. The van der Waals surface area contributed by atoms with Gasteiger partial charge in [-0.05, 0) is 58.8 Å². The number of hydrogen-bond acceptors (Lipinski definition) is 2. The van der Waals surface area contributed by atoms with Crippen molar-refractivity contribution in [1.82, 2.24) is 0 Å². The molecule has 0 radical (unpaired) electrons. The molecule has 0 fully saturated rings. The van der Waals surface area contributed by atoms with Crippen LogP contribution in [0.15, 0.2) is 24.5 Å². The fourth-order valence-corrected chi connectivity index (χ4v) is 9.29. The molecule has 0 bridgehead atoms. The third kappa shape index (κ3) is 5.13. The van der Waals surface area contributed by atoms with Gasteiger partial charge in [-0.3, -0.25) is 0 Å². The SMILES string of the molecule is CCOC=Cc1ccc(O[Si](C(C)C)(C(C)C)C(C)C)cc1C(C)C. The average molecular weight is 363 g/mol. The first-order valence-electron chi connectivity index (χ1n) is 9.77. The van der Waals surface area contributed by atoms with E-state index in [1.807, 2.05) is 6.92 Å². The van der Waals surface area contributed by atoms with Gasteiger partial charge in [0.2, 0.25) is 0 Å². The van der Waals surface area contributed by atoms with E-state index in [9.17, 15) is 0 Å². The second-order valence-corrected chi connectivity index (χ2v) is 13.5. The average Bonchev–Trinajstić information content (AvgIpc) is 2.52. The van der Waals surface area contributed by atoms with Gasteiger partial charge in [0.15, 0.2) is 0 Å². The lowest BCUT2D eigenvalue weighted by Gasteiger charge is -2.42. The molecule has 1 rings (SSSR count). The van der Waals surface area contributed by atoms with Crippen LogP contribution in [0, 0.1) is 0 Å². The van der Waals surface area contributed by atoms with E-state index >= 15 is 0 Å². The van der Waals surface area contributed by atoms with E-state index < -0.39 is 8.32 Å². The Balaban J connectivity index is 3.27. The van der Waals surface area contributed by atoms with Crippen LogP contribution in [-0.4, -0.2) is 14.9 Å².